The number of hydrogen-bond acceptors (Lipinski definition) is 6. The van der Waals surface area contributed by atoms with Gasteiger partial charge in [-0.05, 0) is 34.9 Å². The van der Waals surface area contributed by atoms with E-state index in [9.17, 15) is 0 Å². The minimum atomic E-state index is -2.64. The van der Waals surface area contributed by atoms with Crippen LogP contribution in [-0.4, -0.2) is 70.2 Å². The second-order valence-corrected chi connectivity index (χ2v) is 10.9. The maximum atomic E-state index is 5.86. The topological polar surface area (TPSA) is 49.4 Å². The minimum Gasteiger partial charge on any atom is -0.386 e. The van der Waals surface area contributed by atoms with E-state index in [1.807, 2.05) is 39.4 Å². The maximum absolute atomic E-state index is 5.86. The number of hydrogen-bond donors (Lipinski definition) is 0. The third-order valence-electron chi connectivity index (χ3n) is 3.16. The van der Waals surface area contributed by atoms with E-state index in [0.29, 0.717) is 25.9 Å². The first-order valence-electron chi connectivity index (χ1n) is 7.15. The van der Waals surface area contributed by atoms with Crippen LogP contribution in [0.1, 0.15) is 20.8 Å². The molecule has 0 aliphatic carbocycles. The van der Waals surface area contributed by atoms with Gasteiger partial charge in [0, 0.05) is 46.1 Å². The highest BCUT2D eigenvalue weighted by atomic mass is 28.4. The molecule has 6 nitrogen and oxygen atoms in total. The van der Waals surface area contributed by atoms with Crippen molar-refractivity contribution in [3.8, 4) is 0 Å². The molecule has 0 N–H and O–H groups in total. The Balaban J connectivity index is 4.95. The first-order valence-corrected chi connectivity index (χ1v) is 11.1. The van der Waals surface area contributed by atoms with Crippen LogP contribution in [-0.2, 0) is 22.1 Å². The summed E-state index contributed by atoms with van der Waals surface area (Å²) in [7, 11) is 2.32. The Morgan fingerprint density at radius 2 is 1.15 bits per heavy atom. The Morgan fingerprint density at radius 3 is 1.40 bits per heavy atom. The molecule has 0 aromatic rings. The van der Waals surface area contributed by atoms with Crippen molar-refractivity contribution in [3.63, 3.8) is 0 Å². The predicted octanol–water partition coefficient (Wildman–Crippen LogP) is 1.83. The molecule has 0 saturated heterocycles. The fourth-order valence-electron chi connectivity index (χ4n) is 2.19. The molecule has 0 rings (SSSR count). The summed E-state index contributed by atoms with van der Waals surface area (Å²) in [6, 6.07) is 1.45. The molecule has 20 heavy (non-hydrogen) atoms. The highest BCUT2D eigenvalue weighted by Crippen LogP contribution is 2.25. The van der Waals surface area contributed by atoms with E-state index in [1.54, 1.807) is 14.2 Å². The van der Waals surface area contributed by atoms with Crippen LogP contribution in [0.2, 0.25) is 12.1 Å². The average Bonchev–Trinajstić information content (AvgIpc) is 2.41. The van der Waals surface area contributed by atoms with Crippen LogP contribution in [0.3, 0.4) is 0 Å². The van der Waals surface area contributed by atoms with Gasteiger partial charge in [0.05, 0.1) is 0 Å². The fraction of sp³-hybridized carbons (Fsp3) is 1.00. The molecule has 0 atom stereocenters. The molecule has 0 aromatic carbocycles. The smallest absolute Gasteiger partial charge is 0.386 e. The van der Waals surface area contributed by atoms with E-state index in [-0.39, 0.29) is 0 Å². The molecule has 8 heteroatoms. The fourth-order valence-corrected chi connectivity index (χ4v) is 8.43. The molecule has 0 bridgehead atoms. The van der Waals surface area contributed by atoms with E-state index in [4.69, 9.17) is 22.1 Å². The third kappa shape index (κ3) is 5.53. The Labute approximate surface area is 126 Å². The van der Waals surface area contributed by atoms with Crippen molar-refractivity contribution in [2.45, 2.75) is 32.9 Å². The Morgan fingerprint density at radius 1 is 0.750 bits per heavy atom. The maximum Gasteiger partial charge on any atom is 0.500 e. The molecule has 0 aliphatic heterocycles. The summed E-state index contributed by atoms with van der Waals surface area (Å²) in [6.07, 6.45) is 0. The first-order chi connectivity index (χ1) is 9.45. The van der Waals surface area contributed by atoms with Gasteiger partial charge in [-0.1, -0.05) is 0 Å². The van der Waals surface area contributed by atoms with Gasteiger partial charge in [0.1, 0.15) is 0 Å². The standard InChI is InChI=1S/C12H31NO5Si2/c1-8-16-20(17-9-2,18-10-3)12-11-19(14-6,15-7)13(4)5/h8-12H2,1-7H3. The average molecular weight is 326 g/mol. The monoisotopic (exact) mass is 325 g/mol. The van der Waals surface area contributed by atoms with Crippen molar-refractivity contribution >= 4 is 17.5 Å². The molecule has 0 heterocycles. The van der Waals surface area contributed by atoms with Crippen LogP contribution in [0, 0.1) is 0 Å². The van der Waals surface area contributed by atoms with E-state index >= 15 is 0 Å². The van der Waals surface area contributed by atoms with E-state index in [2.05, 4.69) is 0 Å². The second kappa shape index (κ2) is 10.0. The van der Waals surface area contributed by atoms with Gasteiger partial charge >= 0.3 is 17.5 Å². The van der Waals surface area contributed by atoms with Gasteiger partial charge in [-0.2, -0.15) is 0 Å². The van der Waals surface area contributed by atoms with Crippen LogP contribution >= 0.6 is 0 Å². The summed E-state index contributed by atoms with van der Waals surface area (Å²) >= 11 is 0. The molecular formula is C12H31NO5Si2. The van der Waals surface area contributed by atoms with Crippen molar-refractivity contribution in [1.29, 1.82) is 0 Å². The van der Waals surface area contributed by atoms with E-state index in [1.165, 1.54) is 0 Å². The van der Waals surface area contributed by atoms with Crippen molar-refractivity contribution < 1.29 is 22.1 Å². The highest BCUT2D eigenvalue weighted by molar-refractivity contribution is 6.68. The summed E-state index contributed by atoms with van der Waals surface area (Å²) in [5.74, 6) is 0. The van der Waals surface area contributed by atoms with Crippen LogP contribution in [0.5, 0.6) is 0 Å². The summed E-state index contributed by atoms with van der Waals surface area (Å²) < 4.78 is 31.0. The van der Waals surface area contributed by atoms with Gasteiger partial charge in [-0.3, -0.25) is 4.57 Å². The van der Waals surface area contributed by atoms with Crippen molar-refractivity contribution in [1.82, 2.24) is 4.57 Å². The van der Waals surface area contributed by atoms with Gasteiger partial charge in [0.15, 0.2) is 0 Å². The van der Waals surface area contributed by atoms with Gasteiger partial charge in [0.2, 0.25) is 0 Å². The quantitative estimate of drug-likeness (QED) is 0.510. The van der Waals surface area contributed by atoms with Gasteiger partial charge in [-0.25, -0.2) is 0 Å². The zero-order valence-electron chi connectivity index (χ0n) is 14.0. The Kier molecular flexibility index (Phi) is 10.1. The van der Waals surface area contributed by atoms with Gasteiger partial charge in [0.25, 0.3) is 0 Å². The lowest BCUT2D eigenvalue weighted by Crippen LogP contribution is -2.56. The van der Waals surface area contributed by atoms with Gasteiger partial charge in [-0.15, -0.1) is 0 Å². The molecule has 0 amide bonds. The molecule has 0 aromatic heterocycles. The molecule has 122 valence electrons. The highest BCUT2D eigenvalue weighted by Gasteiger charge is 2.47. The molecule has 0 fully saturated rings. The molecule has 0 saturated carbocycles. The molecule has 0 radical (unpaired) electrons. The van der Waals surface area contributed by atoms with E-state index < -0.39 is 17.5 Å². The lowest BCUT2D eigenvalue weighted by atomic mass is 10.9. The van der Waals surface area contributed by atoms with Crippen LogP contribution in [0.25, 0.3) is 0 Å². The zero-order valence-corrected chi connectivity index (χ0v) is 16.0. The molecule has 0 aliphatic rings. The Bertz CT molecular complexity index is 235. The SMILES string of the molecule is CCO[Si](CC[Si](OC)(OC)N(C)C)(OCC)OCC. The second-order valence-electron chi connectivity index (χ2n) is 4.50. The lowest BCUT2D eigenvalue weighted by Gasteiger charge is -2.35. The normalized spacial score (nSPS) is 13.2. The molecule has 0 spiro atoms. The largest absolute Gasteiger partial charge is 0.500 e. The van der Waals surface area contributed by atoms with Crippen molar-refractivity contribution in [2.75, 3.05) is 48.1 Å². The van der Waals surface area contributed by atoms with Crippen LogP contribution in [0.4, 0.5) is 0 Å². The molecular weight excluding hydrogens is 294 g/mol. The summed E-state index contributed by atoms with van der Waals surface area (Å²) in [4.78, 5) is 0. The number of nitrogens with zero attached hydrogens (tertiary/aromatic N) is 1. The summed E-state index contributed by atoms with van der Waals surface area (Å²) in [6.45, 7) is 7.64. The van der Waals surface area contributed by atoms with Crippen molar-refractivity contribution in [3.05, 3.63) is 0 Å². The Hall–Kier alpha value is 0.194. The lowest BCUT2D eigenvalue weighted by molar-refractivity contribution is 0.0709. The zero-order chi connectivity index (χ0) is 15.6. The van der Waals surface area contributed by atoms with E-state index in [0.717, 1.165) is 6.04 Å². The predicted molar refractivity (Wildman–Crippen MR) is 83.7 cm³/mol. The number of rotatable bonds is 12. The third-order valence-corrected chi connectivity index (χ3v) is 10.2. The first kappa shape index (κ1) is 20.2. The van der Waals surface area contributed by atoms with Gasteiger partial charge < -0.3 is 22.1 Å². The van der Waals surface area contributed by atoms with Crippen LogP contribution in [0.15, 0.2) is 0 Å². The summed E-state index contributed by atoms with van der Waals surface area (Å²) in [5.41, 5.74) is 0. The summed E-state index contributed by atoms with van der Waals surface area (Å²) in [5, 5.41) is 0. The molecule has 0 unspecified atom stereocenters. The van der Waals surface area contributed by atoms with Crippen molar-refractivity contribution in [2.24, 2.45) is 0 Å². The minimum absolute atomic E-state index is 0.586. The van der Waals surface area contributed by atoms with Crippen LogP contribution < -0.4 is 0 Å².